The zero-order valence-corrected chi connectivity index (χ0v) is 10.8. The molecule has 1 aliphatic rings. The van der Waals surface area contributed by atoms with E-state index < -0.39 is 12.0 Å². The Balaban J connectivity index is 1.96. The summed E-state index contributed by atoms with van der Waals surface area (Å²) in [5.74, 6) is -1.05. The molecule has 0 spiro atoms. The summed E-state index contributed by atoms with van der Waals surface area (Å²) in [6.45, 7) is 1.63. The first kappa shape index (κ1) is 13.5. The van der Waals surface area contributed by atoms with Crippen LogP contribution in [0.2, 0.25) is 0 Å². The summed E-state index contributed by atoms with van der Waals surface area (Å²) in [5.41, 5.74) is 0. The third kappa shape index (κ3) is 3.32. The lowest BCUT2D eigenvalue weighted by atomic mass is 10.1. The lowest BCUT2D eigenvalue weighted by molar-refractivity contribution is -0.144. The molecule has 1 unspecified atom stereocenters. The van der Waals surface area contributed by atoms with Crippen molar-refractivity contribution in [3.05, 3.63) is 5.82 Å². The average Bonchev–Trinajstić information content (AvgIpc) is 2.79. The van der Waals surface area contributed by atoms with Crippen LogP contribution in [-0.4, -0.2) is 35.5 Å². The molecule has 0 saturated carbocycles. The SMILES string of the molecule is CN(CC1CCCCN1)c1nc(C(F)(F)F)ns1. The van der Waals surface area contributed by atoms with E-state index >= 15 is 0 Å². The molecular formula is C10H15F3N4S. The second-order valence-corrected chi connectivity index (χ2v) is 5.16. The van der Waals surface area contributed by atoms with Crippen LogP contribution in [0.15, 0.2) is 0 Å². The first-order valence-corrected chi connectivity index (χ1v) is 6.59. The van der Waals surface area contributed by atoms with Gasteiger partial charge in [-0.3, -0.25) is 0 Å². The van der Waals surface area contributed by atoms with E-state index in [2.05, 4.69) is 14.7 Å². The molecule has 1 N–H and O–H groups in total. The quantitative estimate of drug-likeness (QED) is 0.921. The number of hydrogen-bond donors (Lipinski definition) is 1. The van der Waals surface area contributed by atoms with Crippen molar-refractivity contribution in [3.8, 4) is 0 Å². The number of nitrogens with one attached hydrogen (secondary N) is 1. The number of aromatic nitrogens is 2. The Kier molecular flexibility index (Phi) is 4.06. The summed E-state index contributed by atoms with van der Waals surface area (Å²) in [6, 6.07) is 0.321. The number of halogens is 3. The Morgan fingerprint density at radius 3 is 2.78 bits per heavy atom. The number of hydrogen-bond acceptors (Lipinski definition) is 5. The van der Waals surface area contributed by atoms with Crippen molar-refractivity contribution >= 4 is 16.7 Å². The van der Waals surface area contributed by atoms with Crippen molar-refractivity contribution in [2.24, 2.45) is 0 Å². The molecule has 0 amide bonds. The predicted octanol–water partition coefficient (Wildman–Crippen LogP) is 2.14. The molecule has 2 rings (SSSR count). The molecule has 1 atom stereocenters. The van der Waals surface area contributed by atoms with Gasteiger partial charge in [0, 0.05) is 31.2 Å². The van der Waals surface area contributed by atoms with E-state index in [0.717, 1.165) is 37.3 Å². The van der Waals surface area contributed by atoms with Gasteiger partial charge in [-0.25, -0.2) is 0 Å². The van der Waals surface area contributed by atoms with Crippen LogP contribution in [0, 0.1) is 0 Å². The molecule has 0 bridgehead atoms. The largest absolute Gasteiger partial charge is 0.452 e. The fraction of sp³-hybridized carbons (Fsp3) is 0.800. The third-order valence-electron chi connectivity index (χ3n) is 2.90. The Morgan fingerprint density at radius 2 is 2.22 bits per heavy atom. The van der Waals surface area contributed by atoms with Gasteiger partial charge in [0.2, 0.25) is 11.0 Å². The maximum Gasteiger partial charge on any atom is 0.452 e. The minimum Gasteiger partial charge on any atom is -0.348 e. The van der Waals surface area contributed by atoms with E-state index in [0.29, 0.717) is 17.7 Å². The van der Waals surface area contributed by atoms with Crippen LogP contribution in [0.5, 0.6) is 0 Å². The highest BCUT2D eigenvalue weighted by Crippen LogP contribution is 2.30. The van der Waals surface area contributed by atoms with E-state index in [1.807, 2.05) is 0 Å². The summed E-state index contributed by atoms with van der Waals surface area (Å²) in [6.07, 6.45) is -1.08. The number of alkyl halides is 3. The summed E-state index contributed by atoms with van der Waals surface area (Å²) in [7, 11) is 1.75. The Labute approximate surface area is 107 Å². The molecule has 1 aromatic rings. The lowest BCUT2D eigenvalue weighted by Gasteiger charge is -2.27. The second kappa shape index (κ2) is 5.40. The van der Waals surface area contributed by atoms with Crippen molar-refractivity contribution in [1.29, 1.82) is 0 Å². The molecule has 102 valence electrons. The maximum atomic E-state index is 12.4. The molecule has 8 heteroatoms. The van der Waals surface area contributed by atoms with Gasteiger partial charge in [0.15, 0.2) is 0 Å². The van der Waals surface area contributed by atoms with Gasteiger partial charge < -0.3 is 10.2 Å². The third-order valence-corrected chi connectivity index (χ3v) is 3.73. The highest BCUT2D eigenvalue weighted by atomic mass is 32.1. The predicted molar refractivity (Wildman–Crippen MR) is 63.8 cm³/mol. The minimum atomic E-state index is -4.46. The smallest absolute Gasteiger partial charge is 0.348 e. The standard InChI is InChI=1S/C10H15F3N4S/c1-17(6-7-4-2-3-5-14-7)9-15-8(16-18-9)10(11,12)13/h7,14H,2-6H2,1H3. The summed E-state index contributed by atoms with van der Waals surface area (Å²) < 4.78 is 40.5. The van der Waals surface area contributed by atoms with Gasteiger partial charge in [0.1, 0.15) is 0 Å². The molecule has 4 nitrogen and oxygen atoms in total. The van der Waals surface area contributed by atoms with Crippen LogP contribution in [0.25, 0.3) is 0 Å². The minimum absolute atomic E-state index is 0.315. The number of nitrogens with zero attached hydrogens (tertiary/aromatic N) is 3. The van der Waals surface area contributed by atoms with E-state index in [4.69, 9.17) is 0 Å². The van der Waals surface area contributed by atoms with Crippen molar-refractivity contribution in [2.45, 2.75) is 31.5 Å². The maximum absolute atomic E-state index is 12.4. The zero-order chi connectivity index (χ0) is 13.2. The van der Waals surface area contributed by atoms with Gasteiger partial charge in [-0.05, 0) is 19.4 Å². The fourth-order valence-electron chi connectivity index (χ4n) is 1.97. The summed E-state index contributed by atoms with van der Waals surface area (Å²) in [4.78, 5) is 5.26. The Bertz CT molecular complexity index is 387. The molecule has 2 heterocycles. The normalized spacial score (nSPS) is 21.0. The Morgan fingerprint density at radius 1 is 1.44 bits per heavy atom. The number of anilines is 1. The molecule has 1 fully saturated rings. The monoisotopic (exact) mass is 280 g/mol. The first-order valence-electron chi connectivity index (χ1n) is 5.82. The molecule has 1 saturated heterocycles. The molecule has 0 radical (unpaired) electrons. The number of likely N-dealkylation sites (N-methyl/N-ethyl adjacent to an activating group) is 1. The molecule has 1 aromatic heterocycles. The van der Waals surface area contributed by atoms with E-state index in [1.54, 1.807) is 11.9 Å². The van der Waals surface area contributed by atoms with Crippen molar-refractivity contribution in [3.63, 3.8) is 0 Å². The van der Waals surface area contributed by atoms with Gasteiger partial charge >= 0.3 is 6.18 Å². The van der Waals surface area contributed by atoms with Crippen LogP contribution < -0.4 is 10.2 Å². The topological polar surface area (TPSA) is 41.0 Å². The fourth-order valence-corrected chi connectivity index (χ4v) is 2.63. The Hall–Kier alpha value is -0.890. The number of piperidine rings is 1. The highest BCUT2D eigenvalue weighted by Gasteiger charge is 2.36. The van der Waals surface area contributed by atoms with Gasteiger partial charge in [0.05, 0.1) is 0 Å². The first-order chi connectivity index (χ1) is 8.47. The van der Waals surface area contributed by atoms with E-state index in [9.17, 15) is 13.2 Å². The van der Waals surface area contributed by atoms with Crippen LogP contribution in [0.3, 0.4) is 0 Å². The van der Waals surface area contributed by atoms with Crippen LogP contribution >= 0.6 is 11.5 Å². The second-order valence-electron chi connectivity index (χ2n) is 4.43. The van der Waals surface area contributed by atoms with Crippen LogP contribution in [0.4, 0.5) is 18.3 Å². The van der Waals surface area contributed by atoms with E-state index in [1.165, 1.54) is 0 Å². The summed E-state index contributed by atoms with van der Waals surface area (Å²) in [5, 5.41) is 3.66. The molecule has 0 aliphatic carbocycles. The van der Waals surface area contributed by atoms with Crippen molar-refractivity contribution in [2.75, 3.05) is 25.0 Å². The van der Waals surface area contributed by atoms with Crippen LogP contribution in [0.1, 0.15) is 25.1 Å². The molecule has 1 aliphatic heterocycles. The number of rotatable bonds is 3. The van der Waals surface area contributed by atoms with Gasteiger partial charge in [0.25, 0.3) is 0 Å². The van der Waals surface area contributed by atoms with E-state index in [-0.39, 0.29) is 0 Å². The highest BCUT2D eigenvalue weighted by molar-refractivity contribution is 7.09. The zero-order valence-electron chi connectivity index (χ0n) is 10.00. The van der Waals surface area contributed by atoms with Crippen LogP contribution in [-0.2, 0) is 6.18 Å². The molecule has 0 aromatic carbocycles. The van der Waals surface area contributed by atoms with Gasteiger partial charge in [-0.15, -0.1) is 0 Å². The summed E-state index contributed by atoms with van der Waals surface area (Å²) >= 11 is 0.790. The van der Waals surface area contributed by atoms with Gasteiger partial charge in [-0.2, -0.15) is 22.5 Å². The lowest BCUT2D eigenvalue weighted by Crippen LogP contribution is -2.42. The molecular weight excluding hydrogens is 265 g/mol. The van der Waals surface area contributed by atoms with Gasteiger partial charge in [-0.1, -0.05) is 6.42 Å². The average molecular weight is 280 g/mol. The van der Waals surface area contributed by atoms with Crippen molar-refractivity contribution < 1.29 is 13.2 Å². The van der Waals surface area contributed by atoms with Crippen molar-refractivity contribution in [1.82, 2.24) is 14.7 Å². The molecule has 18 heavy (non-hydrogen) atoms.